The van der Waals surface area contributed by atoms with Gasteiger partial charge in [-0.05, 0) is 24.1 Å². The van der Waals surface area contributed by atoms with Crippen molar-refractivity contribution >= 4 is 55.7 Å². The number of aromatic nitrogens is 1. The molecule has 2 rings (SSSR count). The zero-order chi connectivity index (χ0) is 19.3. The average Bonchev–Trinajstić information content (AvgIpc) is 2.97. The fraction of sp³-hybridized carbons (Fsp3) is 0.250. The number of carbonyl (C=O) groups excluding carboxylic acids is 1. The molecule has 26 heavy (non-hydrogen) atoms. The normalized spacial score (nSPS) is 12.4. The summed E-state index contributed by atoms with van der Waals surface area (Å²) in [7, 11) is -3.90. The van der Waals surface area contributed by atoms with E-state index in [0.29, 0.717) is 17.0 Å². The fourth-order valence-electron chi connectivity index (χ4n) is 2.04. The summed E-state index contributed by atoms with van der Waals surface area (Å²) in [5.74, 6) is -0.398. The van der Waals surface area contributed by atoms with E-state index in [4.69, 9.17) is 27.9 Å². The van der Waals surface area contributed by atoms with E-state index in [0.717, 1.165) is 11.3 Å². The number of sulfonamides is 1. The minimum atomic E-state index is -3.90. The van der Waals surface area contributed by atoms with Crippen LogP contribution < -0.4 is 9.46 Å². The Kier molecular flexibility index (Phi) is 7.05. The second kappa shape index (κ2) is 8.85. The molecule has 1 atom stereocenters. The van der Waals surface area contributed by atoms with E-state index in [9.17, 15) is 13.2 Å². The average molecular weight is 435 g/mol. The number of hydrogen-bond acceptors (Lipinski definition) is 6. The Hall–Kier alpha value is -1.61. The molecule has 1 N–H and O–H groups in total. The lowest BCUT2D eigenvalue weighted by atomic mass is 10.1. The largest absolute Gasteiger partial charge is 0.414 e. The number of anilines is 1. The first-order valence-electron chi connectivity index (χ1n) is 7.52. The van der Waals surface area contributed by atoms with E-state index in [1.54, 1.807) is 6.07 Å². The minimum absolute atomic E-state index is 0.0798. The topological polar surface area (TPSA) is 85.4 Å². The highest BCUT2D eigenvalue weighted by Gasteiger charge is 2.26. The van der Waals surface area contributed by atoms with Gasteiger partial charge in [-0.1, -0.05) is 53.6 Å². The summed E-state index contributed by atoms with van der Waals surface area (Å²) in [4.78, 5) is 15.4. The van der Waals surface area contributed by atoms with Crippen molar-refractivity contribution in [2.75, 3.05) is 4.72 Å². The van der Waals surface area contributed by atoms with Crippen LogP contribution in [0.1, 0.15) is 30.6 Å². The van der Waals surface area contributed by atoms with Crippen LogP contribution in [0.25, 0.3) is 0 Å². The molecule has 140 valence electrons. The molecule has 10 heteroatoms. The van der Waals surface area contributed by atoms with Crippen molar-refractivity contribution in [1.29, 1.82) is 0 Å². The van der Waals surface area contributed by atoms with Crippen LogP contribution in [-0.4, -0.2) is 19.4 Å². The maximum absolute atomic E-state index is 12.7. The number of halogens is 2. The van der Waals surface area contributed by atoms with Crippen LogP contribution in [0, 0.1) is 0 Å². The van der Waals surface area contributed by atoms with E-state index in [-0.39, 0.29) is 21.6 Å². The molecule has 1 aromatic heterocycles. The van der Waals surface area contributed by atoms with Gasteiger partial charge in [0.15, 0.2) is 5.13 Å². The van der Waals surface area contributed by atoms with Crippen molar-refractivity contribution < 1.29 is 17.9 Å². The molecule has 0 saturated carbocycles. The first-order chi connectivity index (χ1) is 12.3. The minimum Gasteiger partial charge on any atom is -0.414 e. The first kappa shape index (κ1) is 20.7. The number of ether oxygens (including phenoxy) is 1. The smallest absolute Gasteiger partial charge is 0.312 e. The molecule has 1 unspecified atom stereocenters. The van der Waals surface area contributed by atoms with Crippen molar-refractivity contribution in [1.82, 2.24) is 4.98 Å². The Morgan fingerprint density at radius 3 is 2.77 bits per heavy atom. The molecule has 0 aliphatic rings. The number of thiazole rings is 1. The maximum atomic E-state index is 12.7. The van der Waals surface area contributed by atoms with Crippen LogP contribution in [0.4, 0.5) is 5.13 Å². The Morgan fingerprint density at radius 1 is 1.42 bits per heavy atom. The van der Waals surface area contributed by atoms with E-state index in [2.05, 4.69) is 16.3 Å². The molecular formula is C16H16Cl2N2O4S2. The van der Waals surface area contributed by atoms with Gasteiger partial charge in [-0.2, -0.15) is 0 Å². The summed E-state index contributed by atoms with van der Waals surface area (Å²) in [5, 5.41) is -0.207. The SMILES string of the molecule is C=CC(c1ccc(Cl)c(Cl)c1)S(=O)(=O)Nc1ncc(OC(=O)CCC)s1. The number of nitrogens with one attached hydrogen (secondary N) is 1. The van der Waals surface area contributed by atoms with E-state index in [1.807, 2.05) is 6.92 Å². The van der Waals surface area contributed by atoms with Gasteiger partial charge in [0.25, 0.3) is 0 Å². The van der Waals surface area contributed by atoms with Gasteiger partial charge < -0.3 is 4.74 Å². The third-order valence-electron chi connectivity index (χ3n) is 3.20. The number of nitrogens with zero attached hydrogens (tertiary/aromatic N) is 1. The molecule has 0 bridgehead atoms. The van der Waals surface area contributed by atoms with Gasteiger partial charge in [0.05, 0.1) is 16.2 Å². The molecule has 0 aliphatic carbocycles. The van der Waals surface area contributed by atoms with Gasteiger partial charge in [-0.25, -0.2) is 13.4 Å². The summed E-state index contributed by atoms with van der Waals surface area (Å²) in [6.45, 7) is 5.43. The summed E-state index contributed by atoms with van der Waals surface area (Å²) in [6.07, 6.45) is 3.49. The Labute approximate surface area is 165 Å². The number of benzene rings is 1. The summed E-state index contributed by atoms with van der Waals surface area (Å²) in [6, 6.07) is 4.54. The predicted octanol–water partition coefficient (Wildman–Crippen LogP) is 4.82. The van der Waals surface area contributed by atoms with E-state index >= 15 is 0 Å². The van der Waals surface area contributed by atoms with Gasteiger partial charge in [0.2, 0.25) is 15.1 Å². The lowest BCUT2D eigenvalue weighted by Crippen LogP contribution is -2.19. The van der Waals surface area contributed by atoms with Crippen LogP contribution in [-0.2, 0) is 14.8 Å². The quantitative estimate of drug-likeness (QED) is 0.475. The van der Waals surface area contributed by atoms with Crippen LogP contribution in [0.15, 0.2) is 37.1 Å². The lowest BCUT2D eigenvalue weighted by Gasteiger charge is -2.15. The zero-order valence-corrected chi connectivity index (χ0v) is 16.9. The lowest BCUT2D eigenvalue weighted by molar-refractivity contribution is -0.134. The van der Waals surface area contributed by atoms with Gasteiger partial charge in [0.1, 0.15) is 5.25 Å². The molecule has 0 aliphatic heterocycles. The molecule has 0 spiro atoms. The monoisotopic (exact) mass is 434 g/mol. The third kappa shape index (κ3) is 5.20. The molecule has 0 radical (unpaired) electrons. The van der Waals surface area contributed by atoms with E-state index < -0.39 is 21.2 Å². The number of esters is 1. The van der Waals surface area contributed by atoms with Crippen molar-refractivity contribution in [2.45, 2.75) is 25.0 Å². The van der Waals surface area contributed by atoms with E-state index in [1.165, 1.54) is 24.4 Å². The highest BCUT2D eigenvalue weighted by Crippen LogP contribution is 2.33. The molecule has 1 aromatic carbocycles. The molecule has 1 heterocycles. The second-order valence-corrected chi connectivity index (χ2v) is 8.80. The third-order valence-corrected chi connectivity index (χ3v) is 6.47. The van der Waals surface area contributed by atoms with Crippen molar-refractivity contribution in [3.8, 4) is 5.06 Å². The van der Waals surface area contributed by atoms with Gasteiger partial charge >= 0.3 is 5.97 Å². The molecule has 0 amide bonds. The van der Waals surface area contributed by atoms with Gasteiger partial charge in [0, 0.05) is 6.42 Å². The molecule has 6 nitrogen and oxygen atoms in total. The summed E-state index contributed by atoms with van der Waals surface area (Å²) in [5.41, 5.74) is 0.410. The number of carbonyl (C=O) groups is 1. The Morgan fingerprint density at radius 2 is 2.15 bits per heavy atom. The predicted molar refractivity (Wildman–Crippen MR) is 105 cm³/mol. The van der Waals surface area contributed by atoms with Crippen LogP contribution in [0.3, 0.4) is 0 Å². The molecule has 2 aromatic rings. The summed E-state index contributed by atoms with van der Waals surface area (Å²) >= 11 is 12.7. The Balaban J connectivity index is 2.18. The maximum Gasteiger partial charge on any atom is 0.312 e. The van der Waals surface area contributed by atoms with Crippen LogP contribution in [0.5, 0.6) is 5.06 Å². The van der Waals surface area contributed by atoms with Crippen molar-refractivity contribution in [3.05, 3.63) is 52.7 Å². The summed E-state index contributed by atoms with van der Waals surface area (Å²) < 4.78 is 32.8. The first-order valence-corrected chi connectivity index (χ1v) is 10.6. The van der Waals surface area contributed by atoms with Crippen LogP contribution >= 0.6 is 34.5 Å². The van der Waals surface area contributed by atoms with Gasteiger partial charge in [-0.3, -0.25) is 9.52 Å². The van der Waals surface area contributed by atoms with Crippen molar-refractivity contribution in [3.63, 3.8) is 0 Å². The molecule has 0 fully saturated rings. The van der Waals surface area contributed by atoms with Gasteiger partial charge in [-0.15, -0.1) is 6.58 Å². The second-order valence-electron chi connectivity index (χ2n) is 5.19. The highest BCUT2D eigenvalue weighted by molar-refractivity contribution is 7.93. The highest BCUT2D eigenvalue weighted by atomic mass is 35.5. The molecular weight excluding hydrogens is 419 g/mol. The Bertz CT molecular complexity index is 913. The zero-order valence-electron chi connectivity index (χ0n) is 13.7. The number of rotatable bonds is 8. The molecule has 0 saturated heterocycles. The standard InChI is InChI=1S/C16H16Cl2N2O4S2/c1-3-5-14(21)24-15-9-19-16(25-15)20-26(22,23)13(4-2)10-6-7-11(17)12(18)8-10/h4,6-9,13H,2-3,5H2,1H3,(H,19,20). The number of hydrogen-bond donors (Lipinski definition) is 1. The van der Waals surface area contributed by atoms with Crippen LogP contribution in [0.2, 0.25) is 10.0 Å². The fourth-order valence-corrected chi connectivity index (χ4v) is 4.58. The van der Waals surface area contributed by atoms with Crippen molar-refractivity contribution in [2.24, 2.45) is 0 Å².